The highest BCUT2D eigenvalue weighted by atomic mass is 127. The molecule has 0 aromatic heterocycles. The van der Waals surface area contributed by atoms with Gasteiger partial charge in [0.05, 0.1) is 4.90 Å². The van der Waals surface area contributed by atoms with Gasteiger partial charge in [-0.3, -0.25) is 4.79 Å². The number of halogens is 1. The molecular weight excluding hydrogens is 439 g/mol. The van der Waals surface area contributed by atoms with Crippen LogP contribution in [0.2, 0.25) is 0 Å². The molecule has 0 aliphatic carbocycles. The zero-order valence-electron chi connectivity index (χ0n) is 13.7. The number of sulfonamides is 1. The van der Waals surface area contributed by atoms with Crippen molar-refractivity contribution in [2.75, 3.05) is 12.4 Å². The summed E-state index contributed by atoms with van der Waals surface area (Å²) in [5.41, 5.74) is 0.964. The van der Waals surface area contributed by atoms with E-state index in [1.807, 2.05) is 18.2 Å². The maximum absolute atomic E-state index is 12.5. The van der Waals surface area contributed by atoms with Crippen LogP contribution in [0.5, 0.6) is 0 Å². The molecule has 0 atom stereocenters. The fourth-order valence-corrected chi connectivity index (χ4v) is 3.97. The second-order valence-corrected chi connectivity index (χ2v) is 8.85. The maximum atomic E-state index is 12.5. The lowest BCUT2D eigenvalue weighted by atomic mass is 10.2. The summed E-state index contributed by atoms with van der Waals surface area (Å²) in [7, 11) is -2.10. The fourth-order valence-electron chi connectivity index (χ4n) is 2.01. The summed E-state index contributed by atoms with van der Waals surface area (Å²) in [6.07, 6.45) is 0. The van der Waals surface area contributed by atoms with Crippen LogP contribution in [0.4, 0.5) is 5.69 Å². The second kappa shape index (κ2) is 7.62. The molecule has 0 heterocycles. The molecule has 0 aliphatic heterocycles. The third kappa shape index (κ3) is 4.34. The van der Waals surface area contributed by atoms with Crippen molar-refractivity contribution in [3.05, 3.63) is 57.7 Å². The summed E-state index contributed by atoms with van der Waals surface area (Å²) in [4.78, 5) is 12.5. The van der Waals surface area contributed by atoms with Crippen molar-refractivity contribution in [1.29, 1.82) is 0 Å². The van der Waals surface area contributed by atoms with Crippen LogP contribution in [0.1, 0.15) is 24.2 Å². The standard InChI is InChI=1S/C17H19IN2O3S/c1-12(2)20(3)24(22,23)16-9-4-6-13(10-16)17(21)19-15-8-5-7-14(18)11-15/h4-12H,1-3H3,(H,19,21). The summed E-state index contributed by atoms with van der Waals surface area (Å²) in [5, 5.41) is 2.78. The van der Waals surface area contributed by atoms with E-state index >= 15 is 0 Å². The second-order valence-electron chi connectivity index (χ2n) is 5.61. The summed E-state index contributed by atoms with van der Waals surface area (Å²) >= 11 is 2.16. The van der Waals surface area contributed by atoms with E-state index in [1.165, 1.54) is 23.5 Å². The van der Waals surface area contributed by atoms with E-state index in [9.17, 15) is 13.2 Å². The number of rotatable bonds is 5. The van der Waals surface area contributed by atoms with Gasteiger partial charge < -0.3 is 5.32 Å². The van der Waals surface area contributed by atoms with Crippen LogP contribution in [0.25, 0.3) is 0 Å². The van der Waals surface area contributed by atoms with Crippen molar-refractivity contribution in [2.45, 2.75) is 24.8 Å². The van der Waals surface area contributed by atoms with Crippen molar-refractivity contribution in [3.63, 3.8) is 0 Å². The fraction of sp³-hybridized carbons (Fsp3) is 0.235. The summed E-state index contributed by atoms with van der Waals surface area (Å²) in [5.74, 6) is -0.346. The normalized spacial score (nSPS) is 11.8. The number of carbonyl (C=O) groups excluding carboxylic acids is 1. The van der Waals surface area contributed by atoms with Gasteiger partial charge in [-0.2, -0.15) is 4.31 Å². The van der Waals surface area contributed by atoms with Gasteiger partial charge in [0, 0.05) is 27.9 Å². The highest BCUT2D eigenvalue weighted by Crippen LogP contribution is 2.19. The topological polar surface area (TPSA) is 66.5 Å². The molecule has 0 radical (unpaired) electrons. The molecule has 128 valence electrons. The average molecular weight is 458 g/mol. The number of nitrogens with one attached hydrogen (secondary N) is 1. The first-order chi connectivity index (χ1) is 11.2. The van der Waals surface area contributed by atoms with Gasteiger partial charge in [0.15, 0.2) is 0 Å². The SMILES string of the molecule is CC(C)N(C)S(=O)(=O)c1cccc(C(=O)Nc2cccc(I)c2)c1. The molecule has 5 nitrogen and oxygen atoms in total. The minimum absolute atomic E-state index is 0.106. The Labute approximate surface area is 156 Å². The van der Waals surface area contributed by atoms with Crippen molar-refractivity contribution in [2.24, 2.45) is 0 Å². The highest BCUT2D eigenvalue weighted by molar-refractivity contribution is 14.1. The van der Waals surface area contributed by atoms with Gasteiger partial charge in [0.2, 0.25) is 10.0 Å². The Hall–Kier alpha value is -1.45. The number of nitrogens with zero attached hydrogens (tertiary/aromatic N) is 1. The summed E-state index contributed by atoms with van der Waals surface area (Å²) in [6.45, 7) is 3.59. The van der Waals surface area contributed by atoms with E-state index in [2.05, 4.69) is 27.9 Å². The molecule has 2 rings (SSSR count). The van der Waals surface area contributed by atoms with E-state index < -0.39 is 10.0 Å². The van der Waals surface area contributed by atoms with E-state index in [0.717, 1.165) is 3.57 Å². The predicted molar refractivity (Wildman–Crippen MR) is 104 cm³/mol. The average Bonchev–Trinajstić information content (AvgIpc) is 2.54. The first-order valence-corrected chi connectivity index (χ1v) is 9.88. The molecule has 0 saturated carbocycles. The third-order valence-corrected chi connectivity index (χ3v) is 6.28. The molecule has 0 saturated heterocycles. The lowest BCUT2D eigenvalue weighted by Gasteiger charge is -2.21. The van der Waals surface area contributed by atoms with E-state index in [4.69, 9.17) is 0 Å². The Bertz CT molecular complexity index is 850. The van der Waals surface area contributed by atoms with Gasteiger partial charge in [-0.15, -0.1) is 0 Å². The predicted octanol–water partition coefficient (Wildman–Crippen LogP) is 3.57. The van der Waals surface area contributed by atoms with Crippen molar-refractivity contribution in [3.8, 4) is 0 Å². The highest BCUT2D eigenvalue weighted by Gasteiger charge is 2.23. The molecule has 7 heteroatoms. The number of benzene rings is 2. The maximum Gasteiger partial charge on any atom is 0.255 e. The van der Waals surface area contributed by atoms with Crippen molar-refractivity contribution >= 4 is 44.2 Å². The minimum Gasteiger partial charge on any atom is -0.322 e. The zero-order chi connectivity index (χ0) is 17.9. The van der Waals surface area contributed by atoms with Gasteiger partial charge in [-0.05, 0) is 72.8 Å². The lowest BCUT2D eigenvalue weighted by molar-refractivity contribution is 0.102. The molecule has 0 aliphatic rings. The third-order valence-electron chi connectivity index (χ3n) is 3.58. The number of hydrogen-bond donors (Lipinski definition) is 1. The van der Waals surface area contributed by atoms with Crippen LogP contribution in [-0.4, -0.2) is 31.7 Å². The van der Waals surface area contributed by atoms with Crippen LogP contribution in [0.3, 0.4) is 0 Å². The largest absolute Gasteiger partial charge is 0.322 e. The smallest absolute Gasteiger partial charge is 0.255 e. The summed E-state index contributed by atoms with van der Waals surface area (Å²) < 4.78 is 27.4. The number of anilines is 1. The number of hydrogen-bond acceptors (Lipinski definition) is 3. The van der Waals surface area contributed by atoms with Crippen molar-refractivity contribution in [1.82, 2.24) is 4.31 Å². The molecule has 2 aromatic carbocycles. The molecule has 0 fully saturated rings. The number of carbonyl (C=O) groups is 1. The first-order valence-electron chi connectivity index (χ1n) is 7.37. The van der Waals surface area contributed by atoms with E-state index in [0.29, 0.717) is 11.3 Å². The first kappa shape index (κ1) is 18.9. The molecule has 0 unspecified atom stereocenters. The van der Waals surface area contributed by atoms with Gasteiger partial charge in [0.1, 0.15) is 0 Å². The molecule has 1 N–H and O–H groups in total. The van der Waals surface area contributed by atoms with Gasteiger partial charge in [0.25, 0.3) is 5.91 Å². The molecule has 24 heavy (non-hydrogen) atoms. The lowest BCUT2D eigenvalue weighted by Crippen LogP contribution is -2.33. The Kier molecular flexibility index (Phi) is 6.00. The zero-order valence-corrected chi connectivity index (χ0v) is 16.6. The Morgan fingerprint density at radius 3 is 2.42 bits per heavy atom. The van der Waals surface area contributed by atoms with Gasteiger partial charge >= 0.3 is 0 Å². The molecule has 0 spiro atoms. The number of amides is 1. The van der Waals surface area contributed by atoms with E-state index in [1.54, 1.807) is 32.0 Å². The molecule has 1 amide bonds. The monoisotopic (exact) mass is 458 g/mol. The van der Waals surface area contributed by atoms with E-state index in [-0.39, 0.29) is 16.8 Å². The minimum atomic E-state index is -3.62. The van der Waals surface area contributed by atoms with Crippen LogP contribution < -0.4 is 5.32 Å². The van der Waals surface area contributed by atoms with Crippen LogP contribution >= 0.6 is 22.6 Å². The van der Waals surface area contributed by atoms with Crippen LogP contribution in [-0.2, 0) is 10.0 Å². The van der Waals surface area contributed by atoms with Gasteiger partial charge in [-0.1, -0.05) is 12.1 Å². The molecular formula is C17H19IN2O3S. The Morgan fingerprint density at radius 1 is 1.12 bits per heavy atom. The molecule has 2 aromatic rings. The Balaban J connectivity index is 2.29. The molecule has 0 bridgehead atoms. The quantitative estimate of drug-likeness (QED) is 0.697. The van der Waals surface area contributed by atoms with Crippen LogP contribution in [0.15, 0.2) is 53.4 Å². The Morgan fingerprint density at radius 2 is 1.79 bits per heavy atom. The summed E-state index contributed by atoms with van der Waals surface area (Å²) in [6, 6.07) is 13.3. The van der Waals surface area contributed by atoms with Gasteiger partial charge in [-0.25, -0.2) is 8.42 Å². The van der Waals surface area contributed by atoms with Crippen LogP contribution in [0, 0.1) is 3.57 Å². The van der Waals surface area contributed by atoms with Crippen molar-refractivity contribution < 1.29 is 13.2 Å².